The van der Waals surface area contributed by atoms with Gasteiger partial charge in [-0.25, -0.2) is 0 Å². The Morgan fingerprint density at radius 2 is 2.06 bits per heavy atom. The molecule has 0 aliphatic heterocycles. The molecule has 0 saturated carbocycles. The van der Waals surface area contributed by atoms with Gasteiger partial charge in [0.1, 0.15) is 0 Å². The molecule has 0 amide bonds. The summed E-state index contributed by atoms with van der Waals surface area (Å²) in [5.41, 5.74) is 10.5. The molecule has 0 aliphatic rings. The second-order valence-electron chi connectivity index (χ2n) is 5.17. The van der Waals surface area contributed by atoms with Crippen molar-refractivity contribution in [2.75, 3.05) is 19.0 Å². The first-order valence-electron chi connectivity index (χ1n) is 6.31. The van der Waals surface area contributed by atoms with Crippen LogP contribution in [0.15, 0.2) is 24.3 Å². The molecular weight excluding hydrogens is 222 g/mol. The third-order valence-electron chi connectivity index (χ3n) is 3.05. The van der Waals surface area contributed by atoms with Crippen LogP contribution in [0.2, 0.25) is 0 Å². The topological polar surface area (TPSA) is 42.1 Å². The third kappa shape index (κ3) is 2.46. The van der Waals surface area contributed by atoms with Gasteiger partial charge in [0.25, 0.3) is 0 Å². The van der Waals surface area contributed by atoms with E-state index in [1.807, 2.05) is 13.8 Å². The number of hydrogen-bond donors (Lipinski definition) is 1. The number of benzene rings is 1. The molecule has 1 aromatic heterocycles. The molecule has 3 heteroatoms. The van der Waals surface area contributed by atoms with E-state index in [0.717, 1.165) is 17.6 Å². The monoisotopic (exact) mass is 243 g/mol. The standard InChI is InChI=1S/C15H21N3/c1-10(16)8-12-6-5-7-13-14(18(3)4)9-11(2)17-15(12)13/h5-7,9-10H,8,16H2,1-4H3. The van der Waals surface area contributed by atoms with E-state index in [0.29, 0.717) is 0 Å². The summed E-state index contributed by atoms with van der Waals surface area (Å²) in [6.07, 6.45) is 0.862. The molecule has 2 rings (SSSR count). The van der Waals surface area contributed by atoms with Gasteiger partial charge in [-0.2, -0.15) is 0 Å². The second kappa shape index (κ2) is 4.94. The van der Waals surface area contributed by atoms with Crippen molar-refractivity contribution in [1.82, 2.24) is 4.98 Å². The lowest BCUT2D eigenvalue weighted by atomic mass is 10.0. The maximum atomic E-state index is 5.91. The van der Waals surface area contributed by atoms with Crippen LogP contribution in [-0.4, -0.2) is 25.1 Å². The number of aryl methyl sites for hydroxylation is 1. The maximum absolute atomic E-state index is 5.91. The summed E-state index contributed by atoms with van der Waals surface area (Å²) in [7, 11) is 4.12. The Kier molecular flexibility index (Phi) is 3.53. The molecule has 2 N–H and O–H groups in total. The fourth-order valence-corrected chi connectivity index (χ4v) is 2.30. The first kappa shape index (κ1) is 12.8. The SMILES string of the molecule is Cc1cc(N(C)C)c2cccc(CC(C)N)c2n1. The van der Waals surface area contributed by atoms with Gasteiger partial charge >= 0.3 is 0 Å². The van der Waals surface area contributed by atoms with Gasteiger partial charge in [0.2, 0.25) is 0 Å². The Balaban J connectivity index is 2.69. The Morgan fingerprint density at radius 1 is 1.33 bits per heavy atom. The van der Waals surface area contributed by atoms with E-state index < -0.39 is 0 Å². The number of para-hydroxylation sites is 1. The fraction of sp³-hybridized carbons (Fsp3) is 0.400. The van der Waals surface area contributed by atoms with E-state index in [4.69, 9.17) is 5.73 Å². The molecule has 1 unspecified atom stereocenters. The van der Waals surface area contributed by atoms with Crippen LogP contribution in [0.25, 0.3) is 10.9 Å². The van der Waals surface area contributed by atoms with Crippen molar-refractivity contribution in [3.05, 3.63) is 35.5 Å². The molecule has 1 aromatic carbocycles. The molecule has 0 saturated heterocycles. The van der Waals surface area contributed by atoms with Crippen molar-refractivity contribution < 1.29 is 0 Å². The predicted molar refractivity (Wildman–Crippen MR) is 78.2 cm³/mol. The second-order valence-corrected chi connectivity index (χ2v) is 5.17. The van der Waals surface area contributed by atoms with Gasteiger partial charge in [0.05, 0.1) is 5.52 Å². The van der Waals surface area contributed by atoms with Gasteiger partial charge in [0.15, 0.2) is 0 Å². The average Bonchev–Trinajstić information content (AvgIpc) is 2.28. The van der Waals surface area contributed by atoms with Crippen molar-refractivity contribution in [3.63, 3.8) is 0 Å². The number of rotatable bonds is 3. The number of pyridine rings is 1. The zero-order chi connectivity index (χ0) is 13.3. The molecule has 2 aromatic rings. The van der Waals surface area contributed by atoms with Crippen molar-refractivity contribution in [2.24, 2.45) is 5.73 Å². The number of nitrogens with two attached hydrogens (primary N) is 1. The minimum atomic E-state index is 0.153. The van der Waals surface area contributed by atoms with E-state index in [9.17, 15) is 0 Å². The van der Waals surface area contributed by atoms with Crippen molar-refractivity contribution >= 4 is 16.6 Å². The minimum absolute atomic E-state index is 0.153. The Bertz CT molecular complexity index is 559. The zero-order valence-electron chi connectivity index (χ0n) is 11.6. The summed E-state index contributed by atoms with van der Waals surface area (Å²) < 4.78 is 0. The number of hydrogen-bond acceptors (Lipinski definition) is 3. The molecule has 3 nitrogen and oxygen atoms in total. The maximum Gasteiger partial charge on any atom is 0.0758 e. The molecule has 96 valence electrons. The first-order valence-corrected chi connectivity index (χ1v) is 6.31. The number of nitrogens with zero attached hydrogens (tertiary/aromatic N) is 2. The largest absolute Gasteiger partial charge is 0.377 e. The van der Waals surface area contributed by atoms with E-state index in [-0.39, 0.29) is 6.04 Å². The number of anilines is 1. The van der Waals surface area contributed by atoms with Crippen molar-refractivity contribution in [1.29, 1.82) is 0 Å². The normalized spacial score (nSPS) is 12.7. The minimum Gasteiger partial charge on any atom is -0.377 e. The molecule has 1 heterocycles. The average molecular weight is 243 g/mol. The van der Waals surface area contributed by atoms with Crippen molar-refractivity contribution in [2.45, 2.75) is 26.3 Å². The smallest absolute Gasteiger partial charge is 0.0758 e. The fourth-order valence-electron chi connectivity index (χ4n) is 2.30. The highest BCUT2D eigenvalue weighted by atomic mass is 15.1. The van der Waals surface area contributed by atoms with Crippen LogP contribution < -0.4 is 10.6 Å². The van der Waals surface area contributed by atoms with E-state index in [1.54, 1.807) is 0 Å². The van der Waals surface area contributed by atoms with E-state index in [1.165, 1.54) is 16.6 Å². The lowest BCUT2D eigenvalue weighted by molar-refractivity contribution is 0.740. The molecule has 0 spiro atoms. The Hall–Kier alpha value is -1.61. The van der Waals surface area contributed by atoms with Gasteiger partial charge in [-0.15, -0.1) is 0 Å². The summed E-state index contributed by atoms with van der Waals surface area (Å²) >= 11 is 0. The highest BCUT2D eigenvalue weighted by Gasteiger charge is 2.10. The summed E-state index contributed by atoms with van der Waals surface area (Å²) in [5, 5.41) is 1.20. The highest BCUT2D eigenvalue weighted by Crippen LogP contribution is 2.27. The van der Waals surface area contributed by atoms with Crippen LogP contribution in [0.3, 0.4) is 0 Å². The van der Waals surface area contributed by atoms with Gasteiger partial charge in [-0.05, 0) is 31.9 Å². The molecule has 18 heavy (non-hydrogen) atoms. The summed E-state index contributed by atoms with van der Waals surface area (Å²) in [4.78, 5) is 6.82. The van der Waals surface area contributed by atoms with Crippen LogP contribution in [0.4, 0.5) is 5.69 Å². The van der Waals surface area contributed by atoms with Gasteiger partial charge in [-0.1, -0.05) is 18.2 Å². The third-order valence-corrected chi connectivity index (χ3v) is 3.05. The summed E-state index contributed by atoms with van der Waals surface area (Å²) in [5.74, 6) is 0. The van der Waals surface area contributed by atoms with Crippen LogP contribution in [0.5, 0.6) is 0 Å². The first-order chi connectivity index (χ1) is 8.49. The highest BCUT2D eigenvalue weighted by molar-refractivity contribution is 5.93. The number of aromatic nitrogens is 1. The van der Waals surface area contributed by atoms with Crippen LogP contribution in [-0.2, 0) is 6.42 Å². The Labute approximate surface area is 109 Å². The molecule has 0 fully saturated rings. The molecule has 0 bridgehead atoms. The van der Waals surface area contributed by atoms with E-state index in [2.05, 4.69) is 48.2 Å². The lowest BCUT2D eigenvalue weighted by Crippen LogP contribution is -2.18. The molecular formula is C15H21N3. The predicted octanol–water partition coefficient (Wildman–Crippen LogP) is 2.50. The Morgan fingerprint density at radius 3 is 2.67 bits per heavy atom. The van der Waals surface area contributed by atoms with Gasteiger partial charge in [-0.3, -0.25) is 4.98 Å². The van der Waals surface area contributed by atoms with E-state index >= 15 is 0 Å². The van der Waals surface area contributed by atoms with Gasteiger partial charge in [0, 0.05) is 36.9 Å². The quantitative estimate of drug-likeness (QED) is 0.900. The molecule has 0 aliphatic carbocycles. The van der Waals surface area contributed by atoms with Crippen LogP contribution in [0, 0.1) is 6.92 Å². The van der Waals surface area contributed by atoms with Crippen LogP contribution >= 0.6 is 0 Å². The van der Waals surface area contributed by atoms with Crippen molar-refractivity contribution in [3.8, 4) is 0 Å². The summed E-state index contributed by atoms with van der Waals surface area (Å²) in [6.45, 7) is 4.07. The molecule has 1 atom stereocenters. The van der Waals surface area contributed by atoms with Gasteiger partial charge < -0.3 is 10.6 Å². The number of fused-ring (bicyclic) bond motifs is 1. The molecule has 0 radical (unpaired) electrons. The van der Waals surface area contributed by atoms with Crippen LogP contribution in [0.1, 0.15) is 18.2 Å². The lowest BCUT2D eigenvalue weighted by Gasteiger charge is -2.18. The zero-order valence-corrected chi connectivity index (χ0v) is 11.6. The summed E-state index contributed by atoms with van der Waals surface area (Å²) in [6, 6.07) is 8.61.